The van der Waals surface area contributed by atoms with E-state index in [1.165, 1.54) is 23.3 Å². The standard InChI is InChI=1S/C32H34BN5O7S/c1-3-19(17-45-32(42)37-23-9-13-28(22(14-23)16-38(2)33)46(43,44)25-10-11-25)20-4-6-21(7-5-20)29(31(40)41)36-24-8-12-27-26(15-24)30(39)35-18-34-27/h4-9,12-15,18-19,25,29,36H,3,10-11,16-17H2,1-2H3,(H,37,42)(H,40,41)(H,34,35,39)/t19-,29?/m0/s1. The number of fused-ring (bicyclic) bond motifs is 1. The van der Waals surface area contributed by atoms with Gasteiger partial charge in [0.2, 0.25) is 0 Å². The van der Waals surface area contributed by atoms with Gasteiger partial charge in [-0.15, -0.1) is 0 Å². The van der Waals surface area contributed by atoms with Crippen LogP contribution in [0.15, 0.2) is 76.7 Å². The summed E-state index contributed by atoms with van der Waals surface area (Å²) in [5, 5.41) is 15.5. The molecule has 1 amide bonds. The Balaban J connectivity index is 1.23. The van der Waals surface area contributed by atoms with Gasteiger partial charge < -0.3 is 25.0 Å². The van der Waals surface area contributed by atoms with E-state index in [1.807, 2.05) is 6.92 Å². The number of aromatic nitrogens is 2. The van der Waals surface area contributed by atoms with Crippen molar-refractivity contribution in [3.8, 4) is 0 Å². The highest BCUT2D eigenvalue weighted by Gasteiger charge is 2.38. The van der Waals surface area contributed by atoms with Crippen molar-refractivity contribution in [2.24, 2.45) is 0 Å². The van der Waals surface area contributed by atoms with Gasteiger partial charge in [-0.25, -0.2) is 23.0 Å². The summed E-state index contributed by atoms with van der Waals surface area (Å²) in [6, 6.07) is 15.4. The molecule has 3 aromatic carbocycles. The zero-order valence-electron chi connectivity index (χ0n) is 25.4. The van der Waals surface area contributed by atoms with Crippen molar-refractivity contribution in [2.75, 3.05) is 24.3 Å². The van der Waals surface area contributed by atoms with Crippen molar-refractivity contribution in [3.63, 3.8) is 0 Å². The smallest absolute Gasteiger partial charge is 0.411 e. The highest BCUT2D eigenvalue weighted by Crippen LogP contribution is 2.36. The molecule has 1 aromatic heterocycles. The van der Waals surface area contributed by atoms with Gasteiger partial charge in [-0.2, -0.15) is 0 Å². The molecule has 1 aliphatic rings. The number of carbonyl (C=O) groups excluding carboxylic acids is 1. The number of H-pyrrole nitrogens is 1. The second-order valence-electron chi connectivity index (χ2n) is 11.4. The normalized spacial score (nSPS) is 14.5. The van der Waals surface area contributed by atoms with Crippen LogP contribution in [0, 0.1) is 0 Å². The minimum atomic E-state index is -3.46. The number of hydrogen-bond acceptors (Lipinski definition) is 9. The minimum absolute atomic E-state index is 0.0640. The average molecular weight is 644 g/mol. The lowest BCUT2D eigenvalue weighted by atomic mass is 9.95. The van der Waals surface area contributed by atoms with E-state index in [0.29, 0.717) is 52.7 Å². The van der Waals surface area contributed by atoms with Crippen LogP contribution in [0.5, 0.6) is 0 Å². The zero-order valence-corrected chi connectivity index (χ0v) is 26.2. The first-order valence-electron chi connectivity index (χ1n) is 14.8. The van der Waals surface area contributed by atoms with Crippen LogP contribution < -0.4 is 16.2 Å². The Morgan fingerprint density at radius 2 is 1.78 bits per heavy atom. The Labute approximate surface area is 267 Å². The fraction of sp³-hybridized carbons (Fsp3) is 0.312. The van der Waals surface area contributed by atoms with E-state index < -0.39 is 27.9 Å². The first-order valence-corrected chi connectivity index (χ1v) is 16.3. The average Bonchev–Trinajstić information content (AvgIpc) is 3.87. The molecule has 46 heavy (non-hydrogen) atoms. The molecule has 2 atom stereocenters. The molecule has 0 saturated heterocycles. The topological polar surface area (TPSA) is 171 Å². The van der Waals surface area contributed by atoms with E-state index in [-0.39, 0.29) is 34.8 Å². The summed E-state index contributed by atoms with van der Waals surface area (Å²) in [6.07, 6.45) is 2.53. The summed E-state index contributed by atoms with van der Waals surface area (Å²) in [4.78, 5) is 45.2. The number of sulfone groups is 1. The minimum Gasteiger partial charge on any atom is -0.479 e. The summed E-state index contributed by atoms with van der Waals surface area (Å²) in [5.41, 5.74) is 2.84. The number of aromatic amines is 1. The number of ether oxygens (including phenoxy) is 1. The van der Waals surface area contributed by atoms with Gasteiger partial charge in [0.1, 0.15) is 6.61 Å². The van der Waals surface area contributed by atoms with E-state index in [4.69, 9.17) is 12.7 Å². The third-order valence-corrected chi connectivity index (χ3v) is 10.2. The predicted molar refractivity (Wildman–Crippen MR) is 175 cm³/mol. The maximum Gasteiger partial charge on any atom is 0.411 e. The van der Waals surface area contributed by atoms with Crippen LogP contribution in [0.2, 0.25) is 0 Å². The third kappa shape index (κ3) is 7.57. The van der Waals surface area contributed by atoms with Crippen LogP contribution >= 0.6 is 0 Å². The molecule has 4 N–H and O–H groups in total. The van der Waals surface area contributed by atoms with Crippen LogP contribution in [0.4, 0.5) is 16.2 Å². The molecule has 1 saturated carbocycles. The number of amides is 1. The molecule has 0 aliphatic heterocycles. The molecule has 5 rings (SSSR count). The van der Waals surface area contributed by atoms with Crippen molar-refractivity contribution in [1.82, 2.24) is 14.8 Å². The molecule has 1 aliphatic carbocycles. The first-order chi connectivity index (χ1) is 22.0. The molecule has 1 unspecified atom stereocenters. The van der Waals surface area contributed by atoms with Gasteiger partial charge in [0.15, 0.2) is 23.9 Å². The summed E-state index contributed by atoms with van der Waals surface area (Å²) >= 11 is 0. The second kappa shape index (κ2) is 13.8. The number of carboxylic acids is 1. The SMILES string of the molecule is [B]N(C)Cc1cc(NC(=O)OC[C@H](CC)c2ccc(C(Nc3ccc4nc[nH]c(=O)c4c3)C(=O)O)cc2)ccc1S(=O)(=O)C1CC1. The second-order valence-corrected chi connectivity index (χ2v) is 13.6. The van der Waals surface area contributed by atoms with Crippen LogP contribution in [0.25, 0.3) is 10.9 Å². The number of hydrogen-bond donors (Lipinski definition) is 4. The van der Waals surface area contributed by atoms with Gasteiger partial charge in [-0.3, -0.25) is 10.1 Å². The Kier molecular flexibility index (Phi) is 9.78. The molecule has 12 nitrogen and oxygen atoms in total. The molecule has 1 fully saturated rings. The zero-order chi connectivity index (χ0) is 33.0. The van der Waals surface area contributed by atoms with E-state index in [9.17, 15) is 27.9 Å². The lowest BCUT2D eigenvalue weighted by Crippen LogP contribution is -2.21. The van der Waals surface area contributed by atoms with Crippen molar-refractivity contribution in [3.05, 3.63) is 94.0 Å². The van der Waals surface area contributed by atoms with E-state index in [1.54, 1.807) is 55.6 Å². The van der Waals surface area contributed by atoms with Crippen LogP contribution in [-0.2, 0) is 25.9 Å². The lowest BCUT2D eigenvalue weighted by molar-refractivity contribution is -0.138. The quantitative estimate of drug-likeness (QED) is 0.154. The number of anilines is 2. The highest BCUT2D eigenvalue weighted by atomic mass is 32.2. The summed E-state index contributed by atoms with van der Waals surface area (Å²) in [6.45, 7) is 2.19. The molecule has 0 bridgehead atoms. The van der Waals surface area contributed by atoms with Gasteiger partial charge in [-0.05, 0) is 79.4 Å². The lowest BCUT2D eigenvalue weighted by Gasteiger charge is -2.19. The molecule has 2 radical (unpaired) electrons. The van der Waals surface area contributed by atoms with E-state index >= 15 is 0 Å². The molecule has 14 heteroatoms. The molecular formula is C32H34BN5O7S. The molecular weight excluding hydrogens is 609 g/mol. The van der Waals surface area contributed by atoms with Crippen LogP contribution in [0.3, 0.4) is 0 Å². The fourth-order valence-corrected chi connectivity index (χ4v) is 7.10. The number of carbonyl (C=O) groups is 2. The van der Waals surface area contributed by atoms with Crippen molar-refractivity contribution < 1.29 is 27.9 Å². The number of carboxylic acid groups (broad SMARTS) is 1. The molecule has 4 aromatic rings. The van der Waals surface area contributed by atoms with E-state index in [0.717, 1.165) is 5.56 Å². The largest absolute Gasteiger partial charge is 0.479 e. The molecule has 1 heterocycles. The first kappa shape index (κ1) is 32.7. The third-order valence-electron chi connectivity index (χ3n) is 7.84. The highest BCUT2D eigenvalue weighted by molar-refractivity contribution is 7.92. The number of nitrogens with zero attached hydrogens (tertiary/aromatic N) is 2. The number of benzene rings is 3. The van der Waals surface area contributed by atoms with Gasteiger partial charge in [0.25, 0.3) is 5.56 Å². The Morgan fingerprint density at radius 3 is 2.43 bits per heavy atom. The van der Waals surface area contributed by atoms with Crippen molar-refractivity contribution in [1.29, 1.82) is 0 Å². The van der Waals surface area contributed by atoms with Gasteiger partial charge in [0, 0.05) is 23.8 Å². The molecule has 0 spiro atoms. The van der Waals surface area contributed by atoms with Crippen molar-refractivity contribution in [2.45, 2.75) is 54.8 Å². The maximum absolute atomic E-state index is 12.9. The monoisotopic (exact) mass is 643 g/mol. The fourth-order valence-electron chi connectivity index (χ4n) is 5.24. The predicted octanol–water partition coefficient (Wildman–Crippen LogP) is 4.35. The Hall–Kier alpha value is -4.69. The van der Waals surface area contributed by atoms with Crippen LogP contribution in [0.1, 0.15) is 54.8 Å². The number of nitrogens with one attached hydrogen (secondary N) is 3. The Morgan fingerprint density at radius 1 is 1.09 bits per heavy atom. The molecule has 238 valence electrons. The summed E-state index contributed by atoms with van der Waals surface area (Å²) < 4.78 is 31.3. The summed E-state index contributed by atoms with van der Waals surface area (Å²) in [5.74, 6) is -1.26. The van der Waals surface area contributed by atoms with Crippen LogP contribution in [-0.4, -0.2) is 67.3 Å². The van der Waals surface area contributed by atoms with Crippen molar-refractivity contribution >= 4 is 52.2 Å². The summed E-state index contributed by atoms with van der Waals surface area (Å²) in [7, 11) is 3.98. The number of rotatable bonds is 13. The van der Waals surface area contributed by atoms with E-state index in [2.05, 4.69) is 20.6 Å². The number of aliphatic carboxylic acids is 1. The Bertz CT molecular complexity index is 1910. The van der Waals surface area contributed by atoms with Gasteiger partial charge >= 0.3 is 12.1 Å². The maximum atomic E-state index is 12.9. The van der Waals surface area contributed by atoms with Gasteiger partial charge in [-0.1, -0.05) is 31.2 Å². The van der Waals surface area contributed by atoms with Gasteiger partial charge in [0.05, 0.1) is 27.4 Å².